The van der Waals surface area contributed by atoms with E-state index in [1.165, 1.54) is 6.92 Å². The van der Waals surface area contributed by atoms with Crippen LogP contribution in [0, 0.1) is 0 Å². The molecule has 2 amide bonds. The highest BCUT2D eigenvalue weighted by atomic mass is 79.9. The minimum absolute atomic E-state index is 0.144. The van der Waals surface area contributed by atoms with Gasteiger partial charge in [0.15, 0.2) is 6.10 Å². The molecule has 2 N–H and O–H groups in total. The molecule has 0 aliphatic heterocycles. The SMILES string of the molecule is CC(=O)Nc1cccc(C(C)NC(=O)C(C)Oc2ccc(Cl)cc2Br)c1. The Kier molecular flexibility index (Phi) is 7.06. The second-order valence-corrected chi connectivity index (χ2v) is 7.16. The molecule has 0 aromatic heterocycles. The first-order chi connectivity index (χ1) is 12.3. The summed E-state index contributed by atoms with van der Waals surface area (Å²) in [5.74, 6) is 0.149. The van der Waals surface area contributed by atoms with Crippen LogP contribution in [0.2, 0.25) is 5.02 Å². The smallest absolute Gasteiger partial charge is 0.261 e. The van der Waals surface area contributed by atoms with E-state index in [4.69, 9.17) is 16.3 Å². The molecule has 0 radical (unpaired) electrons. The number of halogens is 2. The van der Waals surface area contributed by atoms with E-state index in [-0.39, 0.29) is 17.9 Å². The maximum absolute atomic E-state index is 12.4. The first kappa shape index (κ1) is 20.3. The van der Waals surface area contributed by atoms with Gasteiger partial charge in [-0.05, 0) is 65.7 Å². The van der Waals surface area contributed by atoms with E-state index in [9.17, 15) is 9.59 Å². The molecule has 2 atom stereocenters. The van der Waals surface area contributed by atoms with Gasteiger partial charge in [-0.2, -0.15) is 0 Å². The zero-order chi connectivity index (χ0) is 19.3. The number of carbonyl (C=O) groups excluding carboxylic acids is 2. The van der Waals surface area contributed by atoms with E-state index in [1.54, 1.807) is 31.2 Å². The Labute approximate surface area is 166 Å². The van der Waals surface area contributed by atoms with E-state index in [2.05, 4.69) is 26.6 Å². The third kappa shape index (κ3) is 5.75. The van der Waals surface area contributed by atoms with Gasteiger partial charge in [0, 0.05) is 17.6 Å². The van der Waals surface area contributed by atoms with Crippen molar-refractivity contribution < 1.29 is 14.3 Å². The molecule has 0 saturated carbocycles. The molecular weight excluding hydrogens is 420 g/mol. The number of hydrogen-bond donors (Lipinski definition) is 2. The van der Waals surface area contributed by atoms with E-state index in [1.807, 2.05) is 25.1 Å². The molecule has 2 aromatic rings. The third-order valence-corrected chi connectivity index (χ3v) is 4.49. The van der Waals surface area contributed by atoms with Crippen LogP contribution < -0.4 is 15.4 Å². The lowest BCUT2D eigenvalue weighted by atomic mass is 10.1. The van der Waals surface area contributed by atoms with Gasteiger partial charge in [-0.25, -0.2) is 0 Å². The van der Waals surface area contributed by atoms with Crippen LogP contribution in [0.1, 0.15) is 32.4 Å². The Balaban J connectivity index is 2.00. The van der Waals surface area contributed by atoms with Gasteiger partial charge in [-0.1, -0.05) is 23.7 Å². The summed E-state index contributed by atoms with van der Waals surface area (Å²) < 4.78 is 6.38. The molecule has 0 bridgehead atoms. The van der Waals surface area contributed by atoms with E-state index < -0.39 is 6.10 Å². The second kappa shape index (κ2) is 9.05. The average molecular weight is 440 g/mol. The Bertz CT molecular complexity index is 813. The number of anilines is 1. The largest absolute Gasteiger partial charge is 0.480 e. The van der Waals surface area contributed by atoms with E-state index in [0.29, 0.717) is 20.9 Å². The molecule has 0 fully saturated rings. The Hall–Kier alpha value is -2.05. The minimum atomic E-state index is -0.687. The fourth-order valence-electron chi connectivity index (χ4n) is 2.32. The third-order valence-electron chi connectivity index (χ3n) is 3.63. The topological polar surface area (TPSA) is 67.4 Å². The lowest BCUT2D eigenvalue weighted by Crippen LogP contribution is -2.37. The monoisotopic (exact) mass is 438 g/mol. The molecule has 5 nitrogen and oxygen atoms in total. The van der Waals surface area contributed by atoms with Crippen molar-refractivity contribution in [1.29, 1.82) is 0 Å². The summed E-state index contributed by atoms with van der Waals surface area (Å²) in [7, 11) is 0. The highest BCUT2D eigenvalue weighted by Crippen LogP contribution is 2.29. The van der Waals surface area contributed by atoms with Crippen molar-refractivity contribution in [2.45, 2.75) is 32.9 Å². The zero-order valence-corrected chi connectivity index (χ0v) is 17.0. The molecule has 0 aliphatic rings. The van der Waals surface area contributed by atoms with Crippen LogP contribution in [0.3, 0.4) is 0 Å². The normalized spacial score (nSPS) is 12.8. The van der Waals surface area contributed by atoms with Gasteiger partial charge < -0.3 is 15.4 Å². The first-order valence-corrected chi connectivity index (χ1v) is 9.23. The lowest BCUT2D eigenvalue weighted by molar-refractivity contribution is -0.128. The number of rotatable bonds is 6. The molecule has 0 heterocycles. The van der Waals surface area contributed by atoms with Crippen LogP contribution in [0.25, 0.3) is 0 Å². The standard InChI is InChI=1S/C19H20BrClN2O3/c1-11(14-5-4-6-16(9-14)23-13(3)24)22-19(25)12(2)26-18-8-7-15(21)10-17(18)20/h4-12H,1-3H3,(H,22,25)(H,23,24). The maximum atomic E-state index is 12.4. The van der Waals surface area contributed by atoms with Crippen molar-refractivity contribution >= 4 is 45.0 Å². The molecule has 26 heavy (non-hydrogen) atoms. The fourth-order valence-corrected chi connectivity index (χ4v) is 3.09. The van der Waals surface area contributed by atoms with Crippen molar-refractivity contribution in [1.82, 2.24) is 5.32 Å². The van der Waals surface area contributed by atoms with Gasteiger partial charge >= 0.3 is 0 Å². The van der Waals surface area contributed by atoms with E-state index in [0.717, 1.165) is 5.56 Å². The molecule has 2 unspecified atom stereocenters. The first-order valence-electron chi connectivity index (χ1n) is 8.06. The zero-order valence-electron chi connectivity index (χ0n) is 14.7. The lowest BCUT2D eigenvalue weighted by Gasteiger charge is -2.20. The van der Waals surface area contributed by atoms with Crippen LogP contribution in [0.5, 0.6) is 5.75 Å². The van der Waals surface area contributed by atoms with Crippen molar-refractivity contribution in [2.75, 3.05) is 5.32 Å². The van der Waals surface area contributed by atoms with Crippen LogP contribution in [0.4, 0.5) is 5.69 Å². The van der Waals surface area contributed by atoms with Crippen molar-refractivity contribution in [2.24, 2.45) is 0 Å². The summed E-state index contributed by atoms with van der Waals surface area (Å²) >= 11 is 9.27. The number of amides is 2. The average Bonchev–Trinajstić information content (AvgIpc) is 2.56. The Morgan fingerprint density at radius 3 is 2.54 bits per heavy atom. The van der Waals surface area contributed by atoms with Gasteiger partial charge in [0.25, 0.3) is 5.91 Å². The number of ether oxygens (including phenoxy) is 1. The molecular formula is C19H20BrClN2O3. The summed E-state index contributed by atoms with van der Waals surface area (Å²) in [5.41, 5.74) is 1.56. The minimum Gasteiger partial charge on any atom is -0.480 e. The van der Waals surface area contributed by atoms with Gasteiger partial charge in [0.1, 0.15) is 5.75 Å². The maximum Gasteiger partial charge on any atom is 0.261 e. The van der Waals surface area contributed by atoms with Gasteiger partial charge in [-0.3, -0.25) is 9.59 Å². The van der Waals surface area contributed by atoms with Crippen LogP contribution in [-0.2, 0) is 9.59 Å². The summed E-state index contributed by atoms with van der Waals surface area (Å²) in [5, 5.41) is 6.21. The highest BCUT2D eigenvalue weighted by Gasteiger charge is 2.19. The van der Waals surface area contributed by atoms with Gasteiger partial charge in [-0.15, -0.1) is 0 Å². The predicted octanol–water partition coefficient (Wildman–Crippen LogP) is 4.71. The Morgan fingerprint density at radius 2 is 1.88 bits per heavy atom. The molecule has 2 rings (SSSR count). The number of carbonyl (C=O) groups is 2. The summed E-state index contributed by atoms with van der Waals surface area (Å²) in [6, 6.07) is 12.2. The molecule has 7 heteroatoms. The van der Waals surface area contributed by atoms with Gasteiger partial charge in [0.2, 0.25) is 5.91 Å². The summed E-state index contributed by atoms with van der Waals surface area (Å²) in [6.45, 7) is 5.00. The van der Waals surface area contributed by atoms with Gasteiger partial charge in [0.05, 0.1) is 10.5 Å². The van der Waals surface area contributed by atoms with Crippen molar-refractivity contribution in [3.05, 3.63) is 57.5 Å². The van der Waals surface area contributed by atoms with Crippen molar-refractivity contribution in [3.63, 3.8) is 0 Å². The predicted molar refractivity (Wildman–Crippen MR) is 107 cm³/mol. The second-order valence-electron chi connectivity index (χ2n) is 5.87. The van der Waals surface area contributed by atoms with Crippen LogP contribution in [-0.4, -0.2) is 17.9 Å². The quantitative estimate of drug-likeness (QED) is 0.685. The van der Waals surface area contributed by atoms with Crippen LogP contribution >= 0.6 is 27.5 Å². The van der Waals surface area contributed by atoms with E-state index >= 15 is 0 Å². The van der Waals surface area contributed by atoms with Crippen molar-refractivity contribution in [3.8, 4) is 5.75 Å². The number of hydrogen-bond acceptors (Lipinski definition) is 3. The molecule has 2 aromatic carbocycles. The van der Waals surface area contributed by atoms with Crippen LogP contribution in [0.15, 0.2) is 46.9 Å². The molecule has 138 valence electrons. The molecule has 0 saturated heterocycles. The number of benzene rings is 2. The molecule has 0 spiro atoms. The number of nitrogens with one attached hydrogen (secondary N) is 2. The molecule has 0 aliphatic carbocycles. The summed E-state index contributed by atoms with van der Waals surface area (Å²) in [6.07, 6.45) is -0.687. The Morgan fingerprint density at radius 1 is 1.15 bits per heavy atom. The fraction of sp³-hybridized carbons (Fsp3) is 0.263. The summed E-state index contributed by atoms with van der Waals surface area (Å²) in [4.78, 5) is 23.6. The highest BCUT2D eigenvalue weighted by molar-refractivity contribution is 9.10.